The van der Waals surface area contributed by atoms with Crippen LogP contribution in [0.2, 0.25) is 0 Å². The number of carbonyl (C=O) groups excluding carboxylic acids is 1. The summed E-state index contributed by atoms with van der Waals surface area (Å²) in [7, 11) is 1.40. The molecule has 0 aromatic heterocycles. The fourth-order valence-electron chi connectivity index (χ4n) is 1.17. The molecule has 0 aliphatic heterocycles. The average molecular weight is 182 g/mol. The van der Waals surface area contributed by atoms with Gasteiger partial charge in [-0.05, 0) is 18.8 Å². The molecule has 0 radical (unpaired) electrons. The van der Waals surface area contributed by atoms with E-state index in [-0.39, 0.29) is 17.8 Å². The zero-order valence-corrected chi connectivity index (χ0v) is 8.83. The molecule has 2 atom stereocenters. The molecule has 0 saturated carbocycles. The third kappa shape index (κ3) is 3.05. The highest BCUT2D eigenvalue weighted by atomic mass is 16.5. The minimum absolute atomic E-state index is 0.162. The molecule has 0 fully saturated rings. The molecule has 2 heteroatoms. The number of esters is 1. The van der Waals surface area contributed by atoms with Crippen LogP contribution in [-0.4, -0.2) is 13.1 Å². The third-order valence-corrected chi connectivity index (χ3v) is 2.38. The first-order chi connectivity index (χ1) is 6.08. The average Bonchev–Trinajstić information content (AvgIpc) is 2.17. The second-order valence-electron chi connectivity index (χ2n) is 3.12. The first-order valence-electron chi connectivity index (χ1n) is 4.45. The molecule has 0 aromatic rings. The van der Waals surface area contributed by atoms with Crippen LogP contribution in [0.5, 0.6) is 0 Å². The second-order valence-corrected chi connectivity index (χ2v) is 3.12. The summed E-state index contributed by atoms with van der Waals surface area (Å²) >= 11 is 0. The lowest BCUT2D eigenvalue weighted by Gasteiger charge is -2.17. The van der Waals surface area contributed by atoms with Crippen molar-refractivity contribution in [3.63, 3.8) is 0 Å². The number of carbonyl (C=O) groups is 1. The number of allylic oxidation sites excluding steroid dienone is 2. The lowest BCUT2D eigenvalue weighted by atomic mass is 9.88. The van der Waals surface area contributed by atoms with Crippen molar-refractivity contribution in [1.29, 1.82) is 0 Å². The van der Waals surface area contributed by atoms with Crippen molar-refractivity contribution in [1.82, 2.24) is 0 Å². The first-order valence-corrected chi connectivity index (χ1v) is 4.45. The maximum atomic E-state index is 11.3. The Bertz CT molecular complexity index is 216. The Morgan fingerprint density at radius 2 is 2.00 bits per heavy atom. The standard InChI is InChI=1S/C11H18O2/c1-6-8(3)9(4)10(7-2)11(12)13-5/h6-9H,1H2,2-5H3/b10-7+. The van der Waals surface area contributed by atoms with Gasteiger partial charge in [-0.1, -0.05) is 26.0 Å². The van der Waals surface area contributed by atoms with Crippen molar-refractivity contribution < 1.29 is 9.53 Å². The molecule has 0 spiro atoms. The van der Waals surface area contributed by atoms with E-state index in [4.69, 9.17) is 0 Å². The molecule has 0 aliphatic carbocycles. The van der Waals surface area contributed by atoms with Gasteiger partial charge in [0.15, 0.2) is 0 Å². The van der Waals surface area contributed by atoms with Gasteiger partial charge in [-0.15, -0.1) is 6.58 Å². The third-order valence-electron chi connectivity index (χ3n) is 2.38. The minimum Gasteiger partial charge on any atom is -0.466 e. The normalized spacial score (nSPS) is 16.2. The summed E-state index contributed by atoms with van der Waals surface area (Å²) < 4.78 is 4.68. The summed E-state index contributed by atoms with van der Waals surface area (Å²) in [5, 5.41) is 0. The van der Waals surface area contributed by atoms with Crippen LogP contribution in [-0.2, 0) is 9.53 Å². The van der Waals surface area contributed by atoms with E-state index in [9.17, 15) is 4.79 Å². The largest absolute Gasteiger partial charge is 0.466 e. The number of rotatable bonds is 4. The molecular formula is C11H18O2. The van der Waals surface area contributed by atoms with E-state index in [2.05, 4.69) is 11.3 Å². The maximum Gasteiger partial charge on any atom is 0.333 e. The number of hydrogen-bond donors (Lipinski definition) is 0. The Balaban J connectivity index is 4.60. The summed E-state index contributed by atoms with van der Waals surface area (Å²) in [6.07, 6.45) is 3.65. The van der Waals surface area contributed by atoms with E-state index < -0.39 is 0 Å². The van der Waals surface area contributed by atoms with Crippen LogP contribution >= 0.6 is 0 Å². The first kappa shape index (κ1) is 11.9. The maximum absolute atomic E-state index is 11.3. The van der Waals surface area contributed by atoms with E-state index >= 15 is 0 Å². The summed E-state index contributed by atoms with van der Waals surface area (Å²) in [5.74, 6) is 0.198. The molecule has 2 nitrogen and oxygen atoms in total. The summed E-state index contributed by atoms with van der Waals surface area (Å²) in [6, 6.07) is 0. The lowest BCUT2D eigenvalue weighted by Crippen LogP contribution is -2.16. The smallest absolute Gasteiger partial charge is 0.333 e. The predicted molar refractivity (Wildman–Crippen MR) is 54.3 cm³/mol. The molecule has 0 saturated heterocycles. The molecule has 0 bridgehead atoms. The molecule has 74 valence electrons. The van der Waals surface area contributed by atoms with Crippen LogP contribution in [0.4, 0.5) is 0 Å². The van der Waals surface area contributed by atoms with Gasteiger partial charge in [0.2, 0.25) is 0 Å². The SMILES string of the molecule is C=CC(C)C(C)/C(=C\C)C(=O)OC. The Kier molecular flexibility index (Phi) is 5.12. The highest BCUT2D eigenvalue weighted by Crippen LogP contribution is 2.21. The zero-order valence-electron chi connectivity index (χ0n) is 8.83. The minimum atomic E-state index is -0.247. The fourth-order valence-corrected chi connectivity index (χ4v) is 1.17. The van der Waals surface area contributed by atoms with Crippen LogP contribution in [0.3, 0.4) is 0 Å². The van der Waals surface area contributed by atoms with Crippen LogP contribution < -0.4 is 0 Å². The van der Waals surface area contributed by atoms with Crippen LogP contribution in [0.1, 0.15) is 20.8 Å². The van der Waals surface area contributed by atoms with Crippen LogP contribution in [0.15, 0.2) is 24.3 Å². The molecule has 0 aromatic carbocycles. The van der Waals surface area contributed by atoms with E-state index in [0.29, 0.717) is 0 Å². The van der Waals surface area contributed by atoms with E-state index in [1.165, 1.54) is 7.11 Å². The predicted octanol–water partition coefficient (Wildman–Crippen LogP) is 2.56. The van der Waals surface area contributed by atoms with Crippen molar-refractivity contribution in [3.8, 4) is 0 Å². The Hall–Kier alpha value is -1.05. The Morgan fingerprint density at radius 3 is 2.31 bits per heavy atom. The van der Waals surface area contributed by atoms with Gasteiger partial charge < -0.3 is 4.74 Å². The molecule has 0 N–H and O–H groups in total. The lowest BCUT2D eigenvalue weighted by molar-refractivity contribution is -0.136. The molecule has 0 heterocycles. The summed E-state index contributed by atoms with van der Waals surface area (Å²) in [5.41, 5.74) is 0.718. The number of hydrogen-bond acceptors (Lipinski definition) is 2. The van der Waals surface area contributed by atoms with E-state index in [1.54, 1.807) is 6.08 Å². The van der Waals surface area contributed by atoms with Gasteiger partial charge in [0.05, 0.1) is 7.11 Å². The van der Waals surface area contributed by atoms with Crippen LogP contribution in [0, 0.1) is 11.8 Å². The summed E-state index contributed by atoms with van der Waals surface area (Å²) in [6.45, 7) is 9.58. The van der Waals surface area contributed by atoms with Gasteiger partial charge in [0.1, 0.15) is 0 Å². The molecule has 0 amide bonds. The van der Waals surface area contributed by atoms with E-state index in [0.717, 1.165) is 5.57 Å². The molecular weight excluding hydrogens is 164 g/mol. The fraction of sp³-hybridized carbons (Fsp3) is 0.545. The number of ether oxygens (including phenoxy) is 1. The van der Waals surface area contributed by atoms with Crippen molar-refractivity contribution in [2.24, 2.45) is 11.8 Å². The highest BCUT2D eigenvalue weighted by Gasteiger charge is 2.19. The molecule has 13 heavy (non-hydrogen) atoms. The highest BCUT2D eigenvalue weighted by molar-refractivity contribution is 5.88. The van der Waals surface area contributed by atoms with Gasteiger partial charge in [-0.2, -0.15) is 0 Å². The van der Waals surface area contributed by atoms with Gasteiger partial charge >= 0.3 is 5.97 Å². The molecule has 2 unspecified atom stereocenters. The zero-order chi connectivity index (χ0) is 10.4. The van der Waals surface area contributed by atoms with Gasteiger partial charge in [0.25, 0.3) is 0 Å². The van der Waals surface area contributed by atoms with Crippen molar-refractivity contribution in [2.45, 2.75) is 20.8 Å². The van der Waals surface area contributed by atoms with E-state index in [1.807, 2.05) is 26.8 Å². The topological polar surface area (TPSA) is 26.3 Å². The van der Waals surface area contributed by atoms with Gasteiger partial charge in [0, 0.05) is 5.57 Å². The number of methoxy groups -OCH3 is 1. The Morgan fingerprint density at radius 1 is 1.46 bits per heavy atom. The van der Waals surface area contributed by atoms with Gasteiger partial charge in [-0.3, -0.25) is 0 Å². The van der Waals surface area contributed by atoms with Gasteiger partial charge in [-0.25, -0.2) is 4.79 Å². The second kappa shape index (κ2) is 5.57. The van der Waals surface area contributed by atoms with Crippen molar-refractivity contribution >= 4 is 5.97 Å². The quantitative estimate of drug-likeness (QED) is 0.379. The summed E-state index contributed by atoms with van der Waals surface area (Å²) in [4.78, 5) is 11.3. The van der Waals surface area contributed by atoms with Crippen molar-refractivity contribution in [3.05, 3.63) is 24.3 Å². The molecule has 0 aliphatic rings. The molecule has 0 rings (SSSR count). The van der Waals surface area contributed by atoms with Crippen LogP contribution in [0.25, 0.3) is 0 Å². The monoisotopic (exact) mass is 182 g/mol. The Labute approximate surface area is 80.3 Å². The van der Waals surface area contributed by atoms with Crippen molar-refractivity contribution in [2.75, 3.05) is 7.11 Å².